The highest BCUT2D eigenvalue weighted by molar-refractivity contribution is 5.95. The molecule has 0 spiro atoms. The average molecular weight is 232 g/mol. The van der Waals surface area contributed by atoms with E-state index in [4.69, 9.17) is 0 Å². The second-order valence-electron chi connectivity index (χ2n) is 4.08. The summed E-state index contributed by atoms with van der Waals surface area (Å²) in [5.41, 5.74) is 1.42. The Morgan fingerprint density at radius 2 is 2.35 bits per heavy atom. The maximum atomic E-state index is 12.2. The lowest BCUT2D eigenvalue weighted by Gasteiger charge is -2.26. The van der Waals surface area contributed by atoms with Crippen LogP contribution in [-0.4, -0.2) is 42.3 Å². The van der Waals surface area contributed by atoms with Crippen LogP contribution in [0, 0.1) is 6.92 Å². The first kappa shape index (κ1) is 10.0. The van der Waals surface area contributed by atoms with E-state index < -0.39 is 0 Å². The fraction of sp³-hybridized carbons (Fsp3) is 0.400. The number of nitrogens with zero attached hydrogens (tertiary/aromatic N) is 5. The molecule has 0 aliphatic carbocycles. The van der Waals surface area contributed by atoms with Crippen LogP contribution in [0.3, 0.4) is 0 Å². The first-order valence-corrected chi connectivity index (χ1v) is 5.41. The molecule has 0 fully saturated rings. The van der Waals surface area contributed by atoms with Gasteiger partial charge in [0.1, 0.15) is 6.33 Å². The van der Waals surface area contributed by atoms with Gasteiger partial charge in [-0.1, -0.05) is 0 Å². The Kier molecular flexibility index (Phi) is 2.17. The summed E-state index contributed by atoms with van der Waals surface area (Å²) >= 11 is 0. The molecular formula is C10H12N6O. The van der Waals surface area contributed by atoms with Gasteiger partial charge < -0.3 is 9.47 Å². The summed E-state index contributed by atoms with van der Waals surface area (Å²) in [5.74, 6) is 0.816. The van der Waals surface area contributed by atoms with Crippen molar-refractivity contribution in [1.29, 1.82) is 0 Å². The maximum Gasteiger partial charge on any atom is 0.257 e. The first-order chi connectivity index (χ1) is 8.25. The zero-order chi connectivity index (χ0) is 11.8. The van der Waals surface area contributed by atoms with Gasteiger partial charge in [-0.25, -0.2) is 0 Å². The van der Waals surface area contributed by atoms with E-state index >= 15 is 0 Å². The molecule has 3 heterocycles. The molecule has 7 heteroatoms. The standard InChI is InChI=1S/C10H12N6O/c1-7-8(4-11-13-7)10(17)15-2-3-16-6-12-14-9(16)5-15/h4,6H,2-3,5H2,1H3,(H,11,13). The minimum absolute atomic E-state index is 0.00880. The summed E-state index contributed by atoms with van der Waals surface area (Å²) in [6, 6.07) is 0. The van der Waals surface area contributed by atoms with Crippen LogP contribution >= 0.6 is 0 Å². The molecule has 0 radical (unpaired) electrons. The molecule has 2 aromatic rings. The molecular weight excluding hydrogens is 220 g/mol. The van der Waals surface area contributed by atoms with Gasteiger partial charge in [0.25, 0.3) is 5.91 Å². The number of aryl methyl sites for hydroxylation is 1. The average Bonchev–Trinajstić information content (AvgIpc) is 2.95. The van der Waals surface area contributed by atoms with Crippen molar-refractivity contribution in [2.24, 2.45) is 0 Å². The summed E-state index contributed by atoms with van der Waals surface area (Å²) < 4.78 is 1.96. The van der Waals surface area contributed by atoms with Gasteiger partial charge in [0.15, 0.2) is 5.82 Å². The number of amides is 1. The quantitative estimate of drug-likeness (QED) is 0.748. The van der Waals surface area contributed by atoms with Gasteiger partial charge in [0.2, 0.25) is 0 Å². The minimum Gasteiger partial charge on any atom is -0.329 e. The highest BCUT2D eigenvalue weighted by Gasteiger charge is 2.24. The molecule has 2 aromatic heterocycles. The van der Waals surface area contributed by atoms with Crippen molar-refractivity contribution < 1.29 is 4.79 Å². The molecule has 1 N–H and O–H groups in total. The number of hydrogen-bond donors (Lipinski definition) is 1. The Morgan fingerprint density at radius 3 is 3.12 bits per heavy atom. The van der Waals surface area contributed by atoms with Gasteiger partial charge in [0.05, 0.1) is 18.3 Å². The fourth-order valence-corrected chi connectivity index (χ4v) is 1.98. The third-order valence-corrected chi connectivity index (χ3v) is 2.99. The Morgan fingerprint density at radius 1 is 1.47 bits per heavy atom. The Hall–Kier alpha value is -2.18. The predicted octanol–water partition coefficient (Wildman–Crippen LogP) is -0.0344. The first-order valence-electron chi connectivity index (χ1n) is 5.41. The van der Waals surface area contributed by atoms with E-state index in [2.05, 4.69) is 20.4 Å². The number of nitrogens with one attached hydrogen (secondary N) is 1. The summed E-state index contributed by atoms with van der Waals surface area (Å²) in [4.78, 5) is 14.0. The SMILES string of the molecule is Cc1[nH]ncc1C(=O)N1CCn2cnnc2C1. The van der Waals surface area contributed by atoms with Crippen molar-refractivity contribution in [1.82, 2.24) is 29.9 Å². The van der Waals surface area contributed by atoms with Crippen LogP contribution in [0.15, 0.2) is 12.5 Å². The molecule has 3 rings (SSSR count). The molecule has 0 saturated heterocycles. The highest BCUT2D eigenvalue weighted by atomic mass is 16.2. The maximum absolute atomic E-state index is 12.2. The molecule has 0 unspecified atom stereocenters. The molecule has 17 heavy (non-hydrogen) atoms. The van der Waals surface area contributed by atoms with Gasteiger partial charge in [-0.3, -0.25) is 9.89 Å². The summed E-state index contributed by atoms with van der Waals surface area (Å²) in [7, 11) is 0. The second-order valence-corrected chi connectivity index (χ2v) is 4.08. The summed E-state index contributed by atoms with van der Waals surface area (Å²) in [5, 5.41) is 14.5. The monoisotopic (exact) mass is 232 g/mol. The number of fused-ring (bicyclic) bond motifs is 1. The highest BCUT2D eigenvalue weighted by Crippen LogP contribution is 2.14. The number of hydrogen-bond acceptors (Lipinski definition) is 4. The molecule has 7 nitrogen and oxygen atoms in total. The zero-order valence-electron chi connectivity index (χ0n) is 9.42. The minimum atomic E-state index is -0.00880. The van der Waals surface area contributed by atoms with E-state index in [1.54, 1.807) is 17.4 Å². The molecule has 1 aliphatic heterocycles. The lowest BCUT2D eigenvalue weighted by Crippen LogP contribution is -2.38. The van der Waals surface area contributed by atoms with Crippen molar-refractivity contribution in [3.8, 4) is 0 Å². The molecule has 0 saturated carbocycles. The zero-order valence-corrected chi connectivity index (χ0v) is 9.42. The van der Waals surface area contributed by atoms with Crippen molar-refractivity contribution in [3.05, 3.63) is 29.6 Å². The van der Waals surface area contributed by atoms with Crippen molar-refractivity contribution >= 4 is 5.91 Å². The Balaban J connectivity index is 1.84. The molecule has 1 aliphatic rings. The van der Waals surface area contributed by atoms with E-state index in [9.17, 15) is 4.79 Å². The lowest BCUT2D eigenvalue weighted by molar-refractivity contribution is 0.0707. The lowest BCUT2D eigenvalue weighted by atomic mass is 10.2. The number of H-pyrrole nitrogens is 1. The molecule has 1 amide bonds. The predicted molar refractivity (Wildman–Crippen MR) is 58.1 cm³/mol. The number of carbonyl (C=O) groups excluding carboxylic acids is 1. The van der Waals surface area contributed by atoms with Gasteiger partial charge >= 0.3 is 0 Å². The number of aromatic nitrogens is 5. The number of aromatic amines is 1. The number of carbonyl (C=O) groups is 1. The van der Waals surface area contributed by atoms with Crippen molar-refractivity contribution in [2.75, 3.05) is 6.54 Å². The van der Waals surface area contributed by atoms with E-state index in [1.165, 1.54) is 0 Å². The molecule has 88 valence electrons. The van der Waals surface area contributed by atoms with Gasteiger partial charge in [-0.2, -0.15) is 5.10 Å². The van der Waals surface area contributed by atoms with Crippen LogP contribution in [0.2, 0.25) is 0 Å². The van der Waals surface area contributed by atoms with Gasteiger partial charge in [-0.05, 0) is 6.92 Å². The van der Waals surface area contributed by atoms with Crippen LogP contribution in [0.1, 0.15) is 21.9 Å². The van der Waals surface area contributed by atoms with E-state index in [-0.39, 0.29) is 5.91 Å². The van der Waals surface area contributed by atoms with Crippen LogP contribution in [0.4, 0.5) is 0 Å². The van der Waals surface area contributed by atoms with Crippen molar-refractivity contribution in [2.45, 2.75) is 20.0 Å². The second kappa shape index (κ2) is 3.69. The fourth-order valence-electron chi connectivity index (χ4n) is 1.98. The number of rotatable bonds is 1. The topological polar surface area (TPSA) is 79.7 Å². The van der Waals surface area contributed by atoms with E-state index in [0.717, 1.165) is 18.1 Å². The normalized spacial score (nSPS) is 14.8. The van der Waals surface area contributed by atoms with Crippen LogP contribution in [0.25, 0.3) is 0 Å². The van der Waals surface area contributed by atoms with Crippen LogP contribution in [0.5, 0.6) is 0 Å². The molecule has 0 atom stereocenters. The van der Waals surface area contributed by atoms with Gasteiger partial charge in [0, 0.05) is 18.8 Å². The van der Waals surface area contributed by atoms with E-state index in [1.807, 2.05) is 11.5 Å². The Bertz CT molecular complexity index is 557. The molecule has 0 aromatic carbocycles. The summed E-state index contributed by atoms with van der Waals surface area (Å²) in [6.45, 7) is 3.76. The largest absolute Gasteiger partial charge is 0.329 e. The smallest absolute Gasteiger partial charge is 0.257 e. The van der Waals surface area contributed by atoms with Gasteiger partial charge in [-0.15, -0.1) is 10.2 Å². The van der Waals surface area contributed by atoms with E-state index in [0.29, 0.717) is 18.7 Å². The third-order valence-electron chi connectivity index (χ3n) is 2.99. The van der Waals surface area contributed by atoms with Crippen LogP contribution in [-0.2, 0) is 13.1 Å². The third kappa shape index (κ3) is 1.59. The summed E-state index contributed by atoms with van der Waals surface area (Å²) in [6.07, 6.45) is 3.26. The van der Waals surface area contributed by atoms with Crippen molar-refractivity contribution in [3.63, 3.8) is 0 Å². The molecule has 0 bridgehead atoms. The Labute approximate surface area is 97.5 Å². The van der Waals surface area contributed by atoms with Crippen LogP contribution < -0.4 is 0 Å².